The van der Waals surface area contributed by atoms with E-state index < -0.39 is 15.1 Å². The van der Waals surface area contributed by atoms with Crippen molar-refractivity contribution < 1.29 is 17.9 Å². The Kier molecular flexibility index (Phi) is 5.04. The number of likely N-dealkylation sites (tertiary alicyclic amines) is 1. The molecule has 0 bridgehead atoms. The molecule has 1 aromatic rings. The fourth-order valence-electron chi connectivity index (χ4n) is 2.59. The van der Waals surface area contributed by atoms with Crippen LogP contribution in [0, 0.1) is 0 Å². The van der Waals surface area contributed by atoms with Crippen molar-refractivity contribution in [1.29, 1.82) is 0 Å². The van der Waals surface area contributed by atoms with Crippen molar-refractivity contribution in [2.45, 2.75) is 37.9 Å². The number of hydrogen-bond donors (Lipinski definition) is 0. The first kappa shape index (κ1) is 17.8. The molecule has 0 spiro atoms. The van der Waals surface area contributed by atoms with Crippen molar-refractivity contribution in [3.8, 4) is 5.75 Å². The minimum atomic E-state index is -3.09. The van der Waals surface area contributed by atoms with Crippen molar-refractivity contribution in [2.75, 3.05) is 26.0 Å². The first-order chi connectivity index (χ1) is 10.6. The van der Waals surface area contributed by atoms with E-state index >= 15 is 0 Å². The molecule has 1 atom stereocenters. The molecule has 0 N–H and O–H groups in total. The van der Waals surface area contributed by atoms with Crippen molar-refractivity contribution in [3.63, 3.8) is 0 Å². The zero-order valence-corrected chi connectivity index (χ0v) is 15.0. The maximum absolute atomic E-state index is 12.1. The molecule has 6 heteroatoms. The van der Waals surface area contributed by atoms with Gasteiger partial charge in [-0.15, -0.1) is 0 Å². The lowest BCUT2D eigenvalue weighted by Crippen LogP contribution is -2.34. The van der Waals surface area contributed by atoms with Gasteiger partial charge in [-0.2, -0.15) is 0 Å². The van der Waals surface area contributed by atoms with E-state index in [0.717, 1.165) is 0 Å². The Balaban J connectivity index is 1.88. The van der Waals surface area contributed by atoms with Crippen LogP contribution in [0.2, 0.25) is 0 Å². The van der Waals surface area contributed by atoms with Gasteiger partial charge in [0, 0.05) is 19.3 Å². The lowest BCUT2D eigenvalue weighted by atomic mass is 9.87. The largest absolute Gasteiger partial charge is 0.484 e. The van der Waals surface area contributed by atoms with Crippen molar-refractivity contribution in [1.82, 2.24) is 4.90 Å². The van der Waals surface area contributed by atoms with Gasteiger partial charge in [-0.25, -0.2) is 8.42 Å². The Labute approximate surface area is 138 Å². The summed E-state index contributed by atoms with van der Waals surface area (Å²) in [5, 5.41) is -0.447. The second kappa shape index (κ2) is 6.51. The van der Waals surface area contributed by atoms with Crippen LogP contribution in [-0.4, -0.2) is 50.4 Å². The smallest absolute Gasteiger partial charge is 0.260 e. The van der Waals surface area contributed by atoms with Crippen LogP contribution in [0.15, 0.2) is 24.3 Å². The highest BCUT2D eigenvalue weighted by atomic mass is 32.2. The zero-order valence-electron chi connectivity index (χ0n) is 14.2. The summed E-state index contributed by atoms with van der Waals surface area (Å²) in [6.07, 6.45) is 1.73. The van der Waals surface area contributed by atoms with E-state index in [4.69, 9.17) is 4.74 Å². The van der Waals surface area contributed by atoms with Crippen LogP contribution in [0.4, 0.5) is 0 Å². The standard InChI is InChI=1S/C17H25NO4S/c1-17(2,3)13-5-7-14(8-6-13)22-12-16(19)18-10-9-15(11-18)23(4,20)21/h5-8,15H,9-12H2,1-4H3. The zero-order chi connectivity index (χ0) is 17.3. The number of sulfone groups is 1. The summed E-state index contributed by atoms with van der Waals surface area (Å²) in [7, 11) is -3.09. The summed E-state index contributed by atoms with van der Waals surface area (Å²) < 4.78 is 28.6. The number of nitrogens with zero attached hydrogens (tertiary/aromatic N) is 1. The monoisotopic (exact) mass is 339 g/mol. The molecular formula is C17H25NO4S. The van der Waals surface area contributed by atoms with Gasteiger partial charge in [0.2, 0.25) is 0 Å². The molecule has 0 saturated carbocycles. The Morgan fingerprint density at radius 3 is 2.35 bits per heavy atom. The van der Waals surface area contributed by atoms with Gasteiger partial charge >= 0.3 is 0 Å². The van der Waals surface area contributed by atoms with E-state index in [9.17, 15) is 13.2 Å². The van der Waals surface area contributed by atoms with E-state index in [1.807, 2.05) is 24.3 Å². The molecule has 1 amide bonds. The van der Waals surface area contributed by atoms with Gasteiger partial charge in [-0.3, -0.25) is 4.79 Å². The molecule has 2 rings (SSSR count). The number of amides is 1. The van der Waals surface area contributed by atoms with Crippen molar-refractivity contribution in [3.05, 3.63) is 29.8 Å². The molecule has 1 aromatic carbocycles. The highest BCUT2D eigenvalue weighted by Gasteiger charge is 2.32. The molecule has 23 heavy (non-hydrogen) atoms. The lowest BCUT2D eigenvalue weighted by Gasteiger charge is -2.19. The number of ether oxygens (including phenoxy) is 1. The molecule has 1 saturated heterocycles. The van der Waals surface area contributed by atoms with Crippen molar-refractivity contribution in [2.24, 2.45) is 0 Å². The summed E-state index contributed by atoms with van der Waals surface area (Å²) in [4.78, 5) is 13.7. The predicted octanol–water partition coefficient (Wildman–Crippen LogP) is 2.01. The third kappa shape index (κ3) is 4.70. The number of benzene rings is 1. The van der Waals surface area contributed by atoms with Gasteiger partial charge in [0.05, 0.1) is 5.25 Å². The molecule has 128 valence electrons. The summed E-state index contributed by atoms with van der Waals surface area (Å²) >= 11 is 0. The lowest BCUT2D eigenvalue weighted by molar-refractivity contribution is -0.132. The maximum Gasteiger partial charge on any atom is 0.260 e. The SMILES string of the molecule is CC(C)(C)c1ccc(OCC(=O)N2CCC(S(C)(=O)=O)C2)cc1. The third-order valence-corrected chi connectivity index (χ3v) is 5.78. The summed E-state index contributed by atoms with van der Waals surface area (Å²) in [6.45, 7) is 7.09. The quantitative estimate of drug-likeness (QED) is 0.842. The number of carbonyl (C=O) groups excluding carboxylic acids is 1. The van der Waals surface area contributed by atoms with Gasteiger partial charge < -0.3 is 9.64 Å². The molecule has 5 nitrogen and oxygen atoms in total. The third-order valence-electron chi connectivity index (χ3n) is 4.19. The summed E-state index contributed by atoms with van der Waals surface area (Å²) in [6, 6.07) is 7.71. The number of carbonyl (C=O) groups is 1. The Hall–Kier alpha value is -1.56. The minimum absolute atomic E-state index is 0.0641. The molecule has 0 radical (unpaired) electrons. The summed E-state index contributed by atoms with van der Waals surface area (Å²) in [5.74, 6) is 0.473. The Morgan fingerprint density at radius 1 is 1.26 bits per heavy atom. The van der Waals surface area contributed by atoms with Crippen LogP contribution in [0.5, 0.6) is 5.75 Å². The highest BCUT2D eigenvalue weighted by molar-refractivity contribution is 7.91. The van der Waals surface area contributed by atoms with Gasteiger partial charge in [-0.05, 0) is 29.5 Å². The first-order valence-electron chi connectivity index (χ1n) is 7.77. The molecule has 1 heterocycles. The molecule has 0 aliphatic carbocycles. The fourth-order valence-corrected chi connectivity index (χ4v) is 3.58. The van der Waals surface area contributed by atoms with Crippen LogP contribution in [0.25, 0.3) is 0 Å². The average Bonchev–Trinajstić information content (AvgIpc) is 2.94. The maximum atomic E-state index is 12.1. The second-order valence-corrected chi connectivity index (χ2v) is 9.47. The Bertz CT molecular complexity index is 659. The first-order valence-corrected chi connectivity index (χ1v) is 9.73. The molecule has 1 aliphatic rings. The molecule has 0 aromatic heterocycles. The fraction of sp³-hybridized carbons (Fsp3) is 0.588. The Morgan fingerprint density at radius 2 is 1.87 bits per heavy atom. The van der Waals surface area contributed by atoms with Crippen LogP contribution in [0.1, 0.15) is 32.8 Å². The van der Waals surface area contributed by atoms with Crippen LogP contribution < -0.4 is 4.74 Å². The van der Waals surface area contributed by atoms with Gasteiger partial charge in [0.25, 0.3) is 5.91 Å². The van der Waals surface area contributed by atoms with E-state index in [0.29, 0.717) is 18.7 Å². The minimum Gasteiger partial charge on any atom is -0.484 e. The number of hydrogen-bond acceptors (Lipinski definition) is 4. The van der Waals surface area contributed by atoms with Crippen molar-refractivity contribution >= 4 is 15.7 Å². The predicted molar refractivity (Wildman–Crippen MR) is 90.5 cm³/mol. The normalized spacial score (nSPS) is 19.0. The summed E-state index contributed by atoms with van der Waals surface area (Å²) in [5.41, 5.74) is 1.27. The van der Waals surface area contributed by atoms with Gasteiger partial charge in [-0.1, -0.05) is 32.9 Å². The van der Waals surface area contributed by atoms with Gasteiger partial charge in [0.1, 0.15) is 5.75 Å². The van der Waals surface area contributed by atoms with E-state index in [1.165, 1.54) is 11.8 Å². The van der Waals surface area contributed by atoms with Crippen LogP contribution >= 0.6 is 0 Å². The highest BCUT2D eigenvalue weighted by Crippen LogP contribution is 2.24. The topological polar surface area (TPSA) is 63.7 Å². The number of rotatable bonds is 4. The van der Waals surface area contributed by atoms with E-state index in [1.54, 1.807) is 4.90 Å². The van der Waals surface area contributed by atoms with E-state index in [2.05, 4.69) is 20.8 Å². The molecular weight excluding hydrogens is 314 g/mol. The van der Waals surface area contributed by atoms with Gasteiger partial charge in [0.15, 0.2) is 16.4 Å². The van der Waals surface area contributed by atoms with Crippen LogP contribution in [0.3, 0.4) is 0 Å². The second-order valence-electron chi connectivity index (χ2n) is 7.14. The molecule has 1 fully saturated rings. The molecule has 1 aliphatic heterocycles. The van der Waals surface area contributed by atoms with Crippen LogP contribution in [-0.2, 0) is 20.0 Å². The average molecular weight is 339 g/mol. The molecule has 1 unspecified atom stereocenters. The van der Waals surface area contributed by atoms with E-state index in [-0.39, 0.29) is 24.5 Å².